The van der Waals surface area contributed by atoms with Gasteiger partial charge >= 0.3 is 0 Å². The van der Waals surface area contributed by atoms with Gasteiger partial charge in [0.2, 0.25) is 0 Å². The Labute approximate surface area is 137 Å². The molecule has 0 radical (unpaired) electrons. The van der Waals surface area contributed by atoms with Crippen molar-refractivity contribution in [1.29, 1.82) is 0 Å². The highest BCUT2D eigenvalue weighted by Gasteiger charge is 2.02. The molecular weight excluding hydrogens is 299 g/mol. The van der Waals surface area contributed by atoms with Gasteiger partial charge in [-0.1, -0.05) is 0 Å². The second kappa shape index (κ2) is 17.4. The first kappa shape index (κ1) is 25.3. The van der Waals surface area contributed by atoms with Gasteiger partial charge in [0.05, 0.1) is 6.10 Å². The molecule has 0 saturated carbocycles. The molecule has 7 heteroatoms. The Kier molecular flexibility index (Phi) is 22.1. The standard InChI is InChI=1S/C13H32N4O.2ClH/c1-16(2)9-5-7-14-11-13(18)12-15-8-6-10-17(3)4;;/h13-15,18H,5-12H2,1-4H3;2*1H. The smallest absolute Gasteiger partial charge is 0.0788 e. The van der Waals surface area contributed by atoms with E-state index in [1.807, 2.05) is 0 Å². The summed E-state index contributed by atoms with van der Waals surface area (Å²) < 4.78 is 0. The van der Waals surface area contributed by atoms with Crippen LogP contribution in [0.5, 0.6) is 0 Å². The molecule has 0 saturated heterocycles. The van der Waals surface area contributed by atoms with Crippen LogP contribution in [0.15, 0.2) is 0 Å². The first-order valence-corrected chi connectivity index (χ1v) is 6.91. The number of hydrogen-bond donors (Lipinski definition) is 3. The van der Waals surface area contributed by atoms with Crippen molar-refractivity contribution in [2.75, 3.05) is 67.5 Å². The van der Waals surface area contributed by atoms with Gasteiger partial charge in [-0.25, -0.2) is 0 Å². The Morgan fingerprint density at radius 1 is 0.800 bits per heavy atom. The number of nitrogens with zero attached hydrogens (tertiary/aromatic N) is 2. The molecule has 0 aromatic rings. The van der Waals surface area contributed by atoms with Crippen LogP contribution in [-0.4, -0.2) is 88.5 Å². The molecule has 0 atom stereocenters. The van der Waals surface area contributed by atoms with Gasteiger partial charge in [0.25, 0.3) is 0 Å². The fourth-order valence-electron chi connectivity index (χ4n) is 1.65. The summed E-state index contributed by atoms with van der Waals surface area (Å²) in [7, 11) is 8.30. The van der Waals surface area contributed by atoms with Crippen LogP contribution >= 0.6 is 24.8 Å². The average molecular weight is 333 g/mol. The van der Waals surface area contributed by atoms with Gasteiger partial charge in [-0.3, -0.25) is 0 Å². The van der Waals surface area contributed by atoms with E-state index in [0.717, 1.165) is 39.0 Å². The highest BCUT2D eigenvalue weighted by Crippen LogP contribution is 1.84. The molecule has 126 valence electrons. The molecule has 0 heterocycles. The van der Waals surface area contributed by atoms with E-state index in [9.17, 15) is 5.11 Å². The highest BCUT2D eigenvalue weighted by molar-refractivity contribution is 5.85. The topological polar surface area (TPSA) is 50.8 Å². The third kappa shape index (κ3) is 20.7. The number of aliphatic hydroxyl groups is 1. The van der Waals surface area contributed by atoms with Crippen molar-refractivity contribution in [2.24, 2.45) is 0 Å². The van der Waals surface area contributed by atoms with E-state index in [1.54, 1.807) is 0 Å². The van der Waals surface area contributed by atoms with E-state index in [-0.39, 0.29) is 30.9 Å². The Hall–Kier alpha value is 0.380. The van der Waals surface area contributed by atoms with E-state index >= 15 is 0 Å². The maximum absolute atomic E-state index is 9.72. The lowest BCUT2D eigenvalue weighted by Gasteiger charge is -2.14. The Morgan fingerprint density at radius 3 is 1.45 bits per heavy atom. The van der Waals surface area contributed by atoms with Crippen LogP contribution in [0.2, 0.25) is 0 Å². The van der Waals surface area contributed by atoms with E-state index in [4.69, 9.17) is 0 Å². The number of hydrogen-bond acceptors (Lipinski definition) is 5. The van der Waals surface area contributed by atoms with Crippen LogP contribution in [0.25, 0.3) is 0 Å². The Morgan fingerprint density at radius 2 is 1.15 bits per heavy atom. The second-order valence-electron chi connectivity index (χ2n) is 5.38. The minimum atomic E-state index is -0.288. The molecule has 0 aliphatic carbocycles. The quantitative estimate of drug-likeness (QED) is 0.448. The van der Waals surface area contributed by atoms with Crippen molar-refractivity contribution in [3.63, 3.8) is 0 Å². The zero-order chi connectivity index (χ0) is 13.8. The molecule has 0 aliphatic rings. The average Bonchev–Trinajstić information content (AvgIpc) is 2.27. The predicted octanol–water partition coefficient (Wildman–Crippen LogP) is 0.274. The Bertz CT molecular complexity index is 168. The molecule has 0 bridgehead atoms. The summed E-state index contributed by atoms with van der Waals surface area (Å²) in [5, 5.41) is 16.3. The van der Waals surface area contributed by atoms with Crippen molar-refractivity contribution in [2.45, 2.75) is 18.9 Å². The molecule has 0 rings (SSSR count). The fraction of sp³-hybridized carbons (Fsp3) is 1.00. The first-order valence-electron chi connectivity index (χ1n) is 6.91. The molecule has 0 unspecified atom stereocenters. The van der Waals surface area contributed by atoms with Gasteiger partial charge in [0, 0.05) is 13.1 Å². The van der Waals surface area contributed by atoms with Crippen molar-refractivity contribution in [1.82, 2.24) is 20.4 Å². The van der Waals surface area contributed by atoms with Gasteiger partial charge in [0.1, 0.15) is 0 Å². The fourth-order valence-corrected chi connectivity index (χ4v) is 1.65. The van der Waals surface area contributed by atoms with Crippen molar-refractivity contribution in [3.05, 3.63) is 0 Å². The third-order valence-electron chi connectivity index (χ3n) is 2.68. The van der Waals surface area contributed by atoms with E-state index < -0.39 is 0 Å². The van der Waals surface area contributed by atoms with Crippen molar-refractivity contribution < 1.29 is 5.11 Å². The van der Waals surface area contributed by atoms with E-state index in [0.29, 0.717) is 13.1 Å². The van der Waals surface area contributed by atoms with Crippen LogP contribution in [0.4, 0.5) is 0 Å². The van der Waals surface area contributed by atoms with Crippen LogP contribution in [0.1, 0.15) is 12.8 Å². The summed E-state index contributed by atoms with van der Waals surface area (Å²) in [5.41, 5.74) is 0. The lowest BCUT2D eigenvalue weighted by molar-refractivity contribution is 0.168. The second-order valence-corrected chi connectivity index (χ2v) is 5.38. The van der Waals surface area contributed by atoms with Gasteiger partial charge in [-0.2, -0.15) is 0 Å². The first-order chi connectivity index (χ1) is 8.52. The van der Waals surface area contributed by atoms with Crippen molar-refractivity contribution >= 4 is 24.8 Å². The summed E-state index contributed by atoms with van der Waals surface area (Å²) in [6.07, 6.45) is 1.95. The highest BCUT2D eigenvalue weighted by atomic mass is 35.5. The largest absolute Gasteiger partial charge is 0.390 e. The molecule has 0 aliphatic heterocycles. The zero-order valence-electron chi connectivity index (χ0n) is 13.4. The number of nitrogens with one attached hydrogen (secondary N) is 2. The summed E-state index contributed by atoms with van der Waals surface area (Å²) in [6.45, 7) is 5.46. The number of aliphatic hydroxyl groups excluding tert-OH is 1. The van der Waals surface area contributed by atoms with Crippen LogP contribution < -0.4 is 10.6 Å². The molecule has 20 heavy (non-hydrogen) atoms. The van der Waals surface area contributed by atoms with Crippen LogP contribution in [0, 0.1) is 0 Å². The predicted molar refractivity (Wildman–Crippen MR) is 92.6 cm³/mol. The molecule has 0 fully saturated rings. The van der Waals surface area contributed by atoms with Gasteiger partial charge in [0.15, 0.2) is 0 Å². The number of rotatable bonds is 12. The maximum Gasteiger partial charge on any atom is 0.0788 e. The SMILES string of the molecule is CN(C)CCCNCC(O)CNCCCN(C)C.Cl.Cl. The number of halogens is 2. The minimum Gasteiger partial charge on any atom is -0.390 e. The molecule has 0 aromatic carbocycles. The lowest BCUT2D eigenvalue weighted by atomic mass is 10.3. The lowest BCUT2D eigenvalue weighted by Crippen LogP contribution is -2.37. The van der Waals surface area contributed by atoms with Gasteiger partial charge in [-0.05, 0) is 67.2 Å². The molecule has 5 nitrogen and oxygen atoms in total. The summed E-state index contributed by atoms with van der Waals surface area (Å²) >= 11 is 0. The van der Waals surface area contributed by atoms with Crippen molar-refractivity contribution in [3.8, 4) is 0 Å². The summed E-state index contributed by atoms with van der Waals surface area (Å²) in [5.74, 6) is 0. The molecular formula is C13H34Cl2N4O. The zero-order valence-corrected chi connectivity index (χ0v) is 15.0. The van der Waals surface area contributed by atoms with Crippen LogP contribution in [-0.2, 0) is 0 Å². The van der Waals surface area contributed by atoms with E-state index in [1.165, 1.54) is 0 Å². The monoisotopic (exact) mass is 332 g/mol. The molecule has 0 spiro atoms. The normalized spacial score (nSPS) is 10.8. The molecule has 3 N–H and O–H groups in total. The van der Waals surface area contributed by atoms with Gasteiger partial charge in [-0.15, -0.1) is 24.8 Å². The van der Waals surface area contributed by atoms with Crippen LogP contribution in [0.3, 0.4) is 0 Å². The third-order valence-corrected chi connectivity index (χ3v) is 2.68. The molecule has 0 aromatic heterocycles. The minimum absolute atomic E-state index is 0. The summed E-state index contributed by atoms with van der Waals surface area (Å²) in [4.78, 5) is 4.34. The van der Waals surface area contributed by atoms with Gasteiger partial charge < -0.3 is 25.5 Å². The summed E-state index contributed by atoms with van der Waals surface area (Å²) in [6, 6.07) is 0. The van der Waals surface area contributed by atoms with E-state index in [2.05, 4.69) is 48.6 Å². The molecule has 0 amide bonds. The maximum atomic E-state index is 9.72. The Balaban J connectivity index is -0.00000144.